The van der Waals surface area contributed by atoms with E-state index in [-0.39, 0.29) is 5.75 Å². The Kier molecular flexibility index (Phi) is 4.17. The van der Waals surface area contributed by atoms with Crippen LogP contribution in [0.1, 0.15) is 11.1 Å². The van der Waals surface area contributed by atoms with Crippen LogP contribution >= 0.6 is 11.6 Å². The van der Waals surface area contributed by atoms with Gasteiger partial charge in [-0.2, -0.15) is 0 Å². The molecule has 0 spiro atoms. The minimum Gasteiger partial charge on any atom is -0.504 e. The van der Waals surface area contributed by atoms with Crippen LogP contribution < -0.4 is 10.1 Å². The topological polar surface area (TPSA) is 41.5 Å². The van der Waals surface area contributed by atoms with Gasteiger partial charge in [0.1, 0.15) is 0 Å². The van der Waals surface area contributed by atoms with Crippen LogP contribution in [0.2, 0.25) is 5.02 Å². The minimum absolute atomic E-state index is 0.170. The van der Waals surface area contributed by atoms with Gasteiger partial charge in [0.15, 0.2) is 11.5 Å². The van der Waals surface area contributed by atoms with Crippen LogP contribution in [0.4, 0.5) is 5.69 Å². The molecule has 0 bridgehead atoms. The lowest BCUT2D eigenvalue weighted by molar-refractivity contribution is 0.371. The summed E-state index contributed by atoms with van der Waals surface area (Å²) in [5.41, 5.74) is 2.84. The van der Waals surface area contributed by atoms with E-state index in [0.29, 0.717) is 17.3 Å². The van der Waals surface area contributed by atoms with Crippen LogP contribution in [0.5, 0.6) is 11.5 Å². The number of nitrogens with one attached hydrogen (secondary N) is 1. The maximum atomic E-state index is 9.99. The summed E-state index contributed by atoms with van der Waals surface area (Å²) in [5, 5.41) is 14.0. The number of halogens is 1. The Balaban J connectivity index is 2.14. The molecule has 100 valence electrons. The Hall–Kier alpha value is -1.87. The number of hydrogen-bond donors (Lipinski definition) is 2. The van der Waals surface area contributed by atoms with E-state index in [0.717, 1.165) is 16.8 Å². The van der Waals surface area contributed by atoms with Gasteiger partial charge in [0, 0.05) is 22.8 Å². The lowest BCUT2D eigenvalue weighted by Crippen LogP contribution is -2.01. The van der Waals surface area contributed by atoms with Crippen molar-refractivity contribution in [2.75, 3.05) is 12.4 Å². The summed E-state index contributed by atoms with van der Waals surface area (Å²) in [6.45, 7) is 2.51. The van der Waals surface area contributed by atoms with Crippen molar-refractivity contribution in [1.82, 2.24) is 0 Å². The molecule has 0 aliphatic heterocycles. The summed E-state index contributed by atoms with van der Waals surface area (Å²) < 4.78 is 5.08. The van der Waals surface area contributed by atoms with Gasteiger partial charge in [0.25, 0.3) is 0 Å². The van der Waals surface area contributed by atoms with Crippen LogP contribution in [0, 0.1) is 6.92 Å². The van der Waals surface area contributed by atoms with E-state index in [2.05, 4.69) is 5.32 Å². The van der Waals surface area contributed by atoms with Gasteiger partial charge in [-0.15, -0.1) is 0 Å². The van der Waals surface area contributed by atoms with Gasteiger partial charge in [-0.1, -0.05) is 23.7 Å². The predicted molar refractivity (Wildman–Crippen MR) is 78.2 cm³/mol. The molecule has 0 aliphatic carbocycles. The number of phenols is 1. The molecule has 4 heteroatoms. The Morgan fingerprint density at radius 1 is 1.26 bits per heavy atom. The summed E-state index contributed by atoms with van der Waals surface area (Å²) in [6.07, 6.45) is 0. The molecule has 0 amide bonds. The zero-order valence-corrected chi connectivity index (χ0v) is 11.7. The predicted octanol–water partition coefficient (Wildman–Crippen LogP) is 3.97. The highest BCUT2D eigenvalue weighted by Crippen LogP contribution is 2.30. The molecule has 0 unspecified atom stereocenters. The number of phenolic OH excluding ortho intramolecular Hbond substituents is 1. The average Bonchev–Trinajstić information content (AvgIpc) is 2.39. The first-order chi connectivity index (χ1) is 9.11. The third kappa shape index (κ3) is 3.12. The molecule has 0 fully saturated rings. The quantitative estimate of drug-likeness (QED) is 0.888. The highest BCUT2D eigenvalue weighted by Gasteiger charge is 2.07. The Labute approximate surface area is 117 Å². The maximum Gasteiger partial charge on any atom is 0.162 e. The number of aryl methyl sites for hydroxylation is 1. The van der Waals surface area contributed by atoms with Gasteiger partial charge in [-0.25, -0.2) is 0 Å². The van der Waals surface area contributed by atoms with Crippen LogP contribution in [0.15, 0.2) is 36.4 Å². The number of aromatic hydroxyl groups is 1. The van der Waals surface area contributed by atoms with Gasteiger partial charge < -0.3 is 15.2 Å². The maximum absolute atomic E-state index is 9.99. The molecule has 0 atom stereocenters. The third-order valence-electron chi connectivity index (χ3n) is 2.96. The summed E-state index contributed by atoms with van der Waals surface area (Å²) in [7, 11) is 1.54. The highest BCUT2D eigenvalue weighted by atomic mass is 35.5. The van der Waals surface area contributed by atoms with E-state index in [4.69, 9.17) is 16.3 Å². The monoisotopic (exact) mass is 277 g/mol. The van der Waals surface area contributed by atoms with Crippen LogP contribution in [-0.4, -0.2) is 12.2 Å². The van der Waals surface area contributed by atoms with Gasteiger partial charge in [0.2, 0.25) is 0 Å². The van der Waals surface area contributed by atoms with E-state index >= 15 is 0 Å². The van der Waals surface area contributed by atoms with Crippen molar-refractivity contribution >= 4 is 17.3 Å². The van der Waals surface area contributed by atoms with E-state index in [1.165, 1.54) is 7.11 Å². The zero-order chi connectivity index (χ0) is 13.8. The molecule has 0 saturated carbocycles. The molecule has 0 aromatic heterocycles. The number of ether oxygens (including phenoxy) is 1. The second-order valence-electron chi connectivity index (χ2n) is 4.28. The lowest BCUT2D eigenvalue weighted by atomic mass is 10.1. The van der Waals surface area contributed by atoms with Crippen molar-refractivity contribution in [3.63, 3.8) is 0 Å². The fourth-order valence-electron chi connectivity index (χ4n) is 1.89. The Morgan fingerprint density at radius 2 is 2.05 bits per heavy atom. The zero-order valence-electron chi connectivity index (χ0n) is 10.9. The van der Waals surface area contributed by atoms with Gasteiger partial charge >= 0.3 is 0 Å². The second-order valence-corrected chi connectivity index (χ2v) is 4.72. The SMILES string of the molecule is COc1cccc(CNc2ccc(Cl)cc2C)c1O. The number of rotatable bonds is 4. The second kappa shape index (κ2) is 5.85. The van der Waals surface area contributed by atoms with Crippen molar-refractivity contribution in [2.24, 2.45) is 0 Å². The van der Waals surface area contributed by atoms with Crippen LogP contribution in [0.25, 0.3) is 0 Å². The first kappa shape index (κ1) is 13.6. The number of para-hydroxylation sites is 1. The largest absolute Gasteiger partial charge is 0.504 e. The first-order valence-electron chi connectivity index (χ1n) is 5.96. The van der Waals surface area contributed by atoms with Crippen molar-refractivity contribution in [2.45, 2.75) is 13.5 Å². The Morgan fingerprint density at radius 3 is 2.74 bits per heavy atom. The molecule has 0 radical (unpaired) electrons. The van der Waals surface area contributed by atoms with Crippen molar-refractivity contribution in [3.05, 3.63) is 52.5 Å². The number of benzene rings is 2. The normalized spacial score (nSPS) is 10.3. The molecule has 0 saturated heterocycles. The van der Waals surface area contributed by atoms with Crippen molar-refractivity contribution in [1.29, 1.82) is 0 Å². The molecule has 19 heavy (non-hydrogen) atoms. The fraction of sp³-hybridized carbons (Fsp3) is 0.200. The molecule has 2 N–H and O–H groups in total. The molecule has 2 aromatic carbocycles. The summed E-state index contributed by atoms with van der Waals surface area (Å²) in [5.74, 6) is 0.649. The van der Waals surface area contributed by atoms with Gasteiger partial charge in [-0.05, 0) is 36.8 Å². The number of hydrogen-bond acceptors (Lipinski definition) is 3. The average molecular weight is 278 g/mol. The molecule has 2 rings (SSSR count). The molecule has 0 aliphatic rings. The standard InChI is InChI=1S/C15H16ClNO2/c1-10-8-12(16)6-7-13(10)17-9-11-4-3-5-14(19-2)15(11)18/h3-8,17-18H,9H2,1-2H3. The summed E-state index contributed by atoms with van der Waals surface area (Å²) in [4.78, 5) is 0. The first-order valence-corrected chi connectivity index (χ1v) is 6.34. The number of methoxy groups -OCH3 is 1. The fourth-order valence-corrected chi connectivity index (χ4v) is 2.12. The van der Waals surface area contributed by atoms with E-state index in [1.54, 1.807) is 6.07 Å². The van der Waals surface area contributed by atoms with Crippen molar-refractivity contribution < 1.29 is 9.84 Å². The van der Waals surface area contributed by atoms with Gasteiger partial charge in [-0.3, -0.25) is 0 Å². The lowest BCUT2D eigenvalue weighted by Gasteiger charge is -2.12. The van der Waals surface area contributed by atoms with Crippen LogP contribution in [0.3, 0.4) is 0 Å². The number of anilines is 1. The van der Waals surface area contributed by atoms with E-state index in [1.807, 2.05) is 37.3 Å². The molecule has 2 aromatic rings. The molecule has 3 nitrogen and oxygen atoms in total. The molecular formula is C15H16ClNO2. The van der Waals surface area contributed by atoms with E-state index in [9.17, 15) is 5.11 Å². The van der Waals surface area contributed by atoms with Gasteiger partial charge in [0.05, 0.1) is 7.11 Å². The highest BCUT2D eigenvalue weighted by molar-refractivity contribution is 6.30. The van der Waals surface area contributed by atoms with Crippen molar-refractivity contribution in [3.8, 4) is 11.5 Å². The van der Waals surface area contributed by atoms with Crippen LogP contribution in [-0.2, 0) is 6.54 Å². The molecular weight excluding hydrogens is 262 g/mol. The van der Waals surface area contributed by atoms with E-state index < -0.39 is 0 Å². The minimum atomic E-state index is 0.170. The summed E-state index contributed by atoms with van der Waals surface area (Å²) in [6, 6.07) is 11.1. The Bertz CT molecular complexity index is 584. The summed E-state index contributed by atoms with van der Waals surface area (Å²) >= 11 is 5.91. The third-order valence-corrected chi connectivity index (χ3v) is 3.20. The smallest absolute Gasteiger partial charge is 0.162 e. The molecule has 0 heterocycles.